The molecule has 0 saturated carbocycles. The summed E-state index contributed by atoms with van der Waals surface area (Å²) >= 11 is 0. The third kappa shape index (κ3) is 5.53. The van der Waals surface area contributed by atoms with E-state index < -0.39 is 29.6 Å². The van der Waals surface area contributed by atoms with E-state index in [0.717, 1.165) is 6.07 Å². The molecule has 214 valence electrons. The topological polar surface area (TPSA) is 95.3 Å². The standard InChI is InChI=1S/C31H25F3N4O4/c1-17-12-19(4-6-23(17)33)22-16-38(11-9-32)18(2)28(30(22)39)31(40)37-20-5-7-26(24(34)13-20)42-27-8-10-35-25-14-21(41-3)15-36-29(25)27/h4-8,10,12-16H,9,11H2,1-3H3,(H,37,40). The Morgan fingerprint density at radius 1 is 1.00 bits per heavy atom. The number of alkyl halides is 1. The third-order valence-corrected chi connectivity index (χ3v) is 6.73. The zero-order valence-electron chi connectivity index (χ0n) is 22.9. The molecule has 0 atom stereocenters. The number of anilines is 1. The van der Waals surface area contributed by atoms with Gasteiger partial charge in [-0.2, -0.15) is 0 Å². The molecule has 8 nitrogen and oxygen atoms in total. The first-order valence-corrected chi connectivity index (χ1v) is 12.8. The van der Waals surface area contributed by atoms with E-state index in [-0.39, 0.29) is 40.6 Å². The molecule has 5 rings (SSSR count). The van der Waals surface area contributed by atoms with Crippen LogP contribution in [0.4, 0.5) is 18.9 Å². The van der Waals surface area contributed by atoms with Gasteiger partial charge in [-0.25, -0.2) is 18.2 Å². The van der Waals surface area contributed by atoms with Crippen molar-refractivity contribution in [2.24, 2.45) is 0 Å². The molecule has 2 aromatic carbocycles. The van der Waals surface area contributed by atoms with Crippen molar-refractivity contribution >= 4 is 22.6 Å². The highest BCUT2D eigenvalue weighted by atomic mass is 19.1. The lowest BCUT2D eigenvalue weighted by Gasteiger charge is -2.16. The maximum Gasteiger partial charge on any atom is 0.261 e. The number of rotatable bonds is 8. The van der Waals surface area contributed by atoms with Gasteiger partial charge in [0.15, 0.2) is 17.3 Å². The van der Waals surface area contributed by atoms with Gasteiger partial charge in [0.05, 0.1) is 25.4 Å². The van der Waals surface area contributed by atoms with Gasteiger partial charge in [-0.15, -0.1) is 0 Å². The monoisotopic (exact) mass is 574 g/mol. The fourth-order valence-electron chi connectivity index (χ4n) is 4.52. The summed E-state index contributed by atoms with van der Waals surface area (Å²) in [4.78, 5) is 35.3. The van der Waals surface area contributed by atoms with Gasteiger partial charge in [-0.1, -0.05) is 6.07 Å². The maximum atomic E-state index is 15.1. The average Bonchev–Trinajstić information content (AvgIpc) is 2.97. The number of hydrogen-bond donors (Lipinski definition) is 1. The van der Waals surface area contributed by atoms with Crippen LogP contribution < -0.4 is 20.2 Å². The molecule has 0 unspecified atom stereocenters. The Kier molecular flexibility index (Phi) is 7.92. The fourth-order valence-corrected chi connectivity index (χ4v) is 4.52. The van der Waals surface area contributed by atoms with Gasteiger partial charge in [0, 0.05) is 47.5 Å². The lowest BCUT2D eigenvalue weighted by Crippen LogP contribution is -2.27. The molecule has 1 amide bonds. The molecule has 0 radical (unpaired) electrons. The van der Waals surface area contributed by atoms with Crippen molar-refractivity contribution < 1.29 is 27.4 Å². The number of carbonyl (C=O) groups is 1. The van der Waals surface area contributed by atoms with Gasteiger partial charge in [-0.3, -0.25) is 14.6 Å². The van der Waals surface area contributed by atoms with Crippen molar-refractivity contribution in [1.82, 2.24) is 14.5 Å². The Morgan fingerprint density at radius 2 is 1.81 bits per heavy atom. The number of halogens is 3. The highest BCUT2D eigenvalue weighted by molar-refractivity contribution is 6.05. The van der Waals surface area contributed by atoms with E-state index >= 15 is 4.39 Å². The number of nitrogens with one attached hydrogen (secondary N) is 1. The Balaban J connectivity index is 1.45. The molecule has 0 aliphatic heterocycles. The van der Waals surface area contributed by atoms with E-state index in [9.17, 15) is 18.4 Å². The molecular weight excluding hydrogens is 549 g/mol. The molecule has 0 bridgehead atoms. The number of pyridine rings is 3. The average molecular weight is 575 g/mol. The number of aryl methyl sites for hydroxylation is 2. The number of aromatic nitrogens is 3. The van der Waals surface area contributed by atoms with E-state index in [2.05, 4.69) is 15.3 Å². The van der Waals surface area contributed by atoms with Gasteiger partial charge < -0.3 is 19.4 Å². The molecule has 1 N–H and O–H groups in total. The normalized spacial score (nSPS) is 11.0. The van der Waals surface area contributed by atoms with Crippen molar-refractivity contribution in [2.75, 3.05) is 19.1 Å². The van der Waals surface area contributed by atoms with Gasteiger partial charge in [0.2, 0.25) is 5.43 Å². The molecule has 0 saturated heterocycles. The molecule has 5 aromatic rings. The van der Waals surface area contributed by atoms with E-state index in [1.165, 1.54) is 73.6 Å². The van der Waals surface area contributed by atoms with Crippen molar-refractivity contribution in [3.8, 4) is 28.4 Å². The highest BCUT2D eigenvalue weighted by Gasteiger charge is 2.21. The van der Waals surface area contributed by atoms with Crippen molar-refractivity contribution in [3.63, 3.8) is 0 Å². The lowest BCUT2D eigenvalue weighted by atomic mass is 10.0. The molecule has 42 heavy (non-hydrogen) atoms. The summed E-state index contributed by atoms with van der Waals surface area (Å²) in [7, 11) is 1.50. The summed E-state index contributed by atoms with van der Waals surface area (Å²) < 4.78 is 54.7. The van der Waals surface area contributed by atoms with Crippen LogP contribution in [0.3, 0.4) is 0 Å². The Bertz CT molecular complexity index is 1890. The number of carbonyl (C=O) groups excluding carboxylic acids is 1. The summed E-state index contributed by atoms with van der Waals surface area (Å²) in [5.74, 6) is -1.41. The summed E-state index contributed by atoms with van der Waals surface area (Å²) in [5.41, 5.74) is 1.10. The zero-order valence-corrected chi connectivity index (χ0v) is 22.9. The van der Waals surface area contributed by atoms with Gasteiger partial charge >= 0.3 is 0 Å². The van der Waals surface area contributed by atoms with Crippen LogP contribution in [0.1, 0.15) is 21.6 Å². The first-order valence-electron chi connectivity index (χ1n) is 12.8. The van der Waals surface area contributed by atoms with Crippen LogP contribution in [0.2, 0.25) is 0 Å². The van der Waals surface area contributed by atoms with E-state index in [1.54, 1.807) is 13.0 Å². The van der Waals surface area contributed by atoms with Gasteiger partial charge in [-0.05, 0) is 49.2 Å². The summed E-state index contributed by atoms with van der Waals surface area (Å²) in [6.07, 6.45) is 4.42. The van der Waals surface area contributed by atoms with Crippen LogP contribution in [0.5, 0.6) is 17.2 Å². The lowest BCUT2D eigenvalue weighted by molar-refractivity contribution is 0.102. The van der Waals surface area contributed by atoms with Crippen LogP contribution in [0, 0.1) is 25.5 Å². The number of nitrogens with zero attached hydrogens (tertiary/aromatic N) is 3. The maximum absolute atomic E-state index is 15.1. The van der Waals surface area contributed by atoms with Crippen molar-refractivity contribution in [2.45, 2.75) is 20.4 Å². The third-order valence-electron chi connectivity index (χ3n) is 6.73. The van der Waals surface area contributed by atoms with Crippen LogP contribution in [0.25, 0.3) is 22.2 Å². The minimum absolute atomic E-state index is 0.0613. The van der Waals surface area contributed by atoms with E-state index in [1.807, 2.05) is 0 Å². The second kappa shape index (κ2) is 11.7. The summed E-state index contributed by atoms with van der Waals surface area (Å²) in [5, 5.41) is 2.54. The molecule has 0 spiro atoms. The molecular formula is C31H25F3N4O4. The Morgan fingerprint density at radius 3 is 2.52 bits per heavy atom. The zero-order chi connectivity index (χ0) is 30.0. The van der Waals surface area contributed by atoms with E-state index in [4.69, 9.17) is 9.47 Å². The second-order valence-corrected chi connectivity index (χ2v) is 9.43. The van der Waals surface area contributed by atoms with Gasteiger partial charge in [0.25, 0.3) is 5.91 Å². The number of hydrogen-bond acceptors (Lipinski definition) is 6. The number of benzene rings is 2. The predicted molar refractivity (Wildman–Crippen MR) is 152 cm³/mol. The molecule has 3 aromatic heterocycles. The SMILES string of the molecule is COc1cnc2c(Oc3ccc(NC(=O)c4c(C)n(CCF)cc(-c5ccc(F)c(C)c5)c4=O)cc3F)ccnc2c1. The van der Waals surface area contributed by atoms with E-state index in [0.29, 0.717) is 27.9 Å². The number of ether oxygens (including phenoxy) is 2. The van der Waals surface area contributed by atoms with Crippen molar-refractivity contribution in [1.29, 1.82) is 0 Å². The minimum Gasteiger partial charge on any atom is -0.495 e. The van der Waals surface area contributed by atoms with Crippen molar-refractivity contribution in [3.05, 3.63) is 106 Å². The number of fused-ring (bicyclic) bond motifs is 1. The second-order valence-electron chi connectivity index (χ2n) is 9.43. The fraction of sp³-hybridized carbons (Fsp3) is 0.161. The Labute approximate surface area is 238 Å². The largest absolute Gasteiger partial charge is 0.495 e. The highest BCUT2D eigenvalue weighted by Crippen LogP contribution is 2.31. The number of methoxy groups -OCH3 is 1. The molecule has 3 heterocycles. The molecule has 0 aliphatic rings. The van der Waals surface area contributed by atoms with Crippen LogP contribution in [0.15, 0.2) is 71.9 Å². The molecule has 0 aliphatic carbocycles. The van der Waals surface area contributed by atoms with Crippen LogP contribution >= 0.6 is 0 Å². The molecule has 0 fully saturated rings. The Hall–Kier alpha value is -5.19. The quantitative estimate of drug-likeness (QED) is 0.231. The molecule has 11 heteroatoms. The summed E-state index contributed by atoms with van der Waals surface area (Å²) in [6.45, 7) is 2.22. The van der Waals surface area contributed by atoms with Gasteiger partial charge in [0.1, 0.15) is 29.3 Å². The summed E-state index contributed by atoms with van der Waals surface area (Å²) in [6, 6.07) is 11.1. The predicted octanol–water partition coefficient (Wildman–Crippen LogP) is 6.38. The first kappa shape index (κ1) is 28.3. The smallest absolute Gasteiger partial charge is 0.261 e. The first-order chi connectivity index (χ1) is 20.2. The minimum atomic E-state index is -0.808. The van der Waals surface area contributed by atoms with Crippen LogP contribution in [-0.2, 0) is 6.54 Å². The van der Waals surface area contributed by atoms with Crippen LogP contribution in [-0.4, -0.2) is 34.2 Å². The number of amides is 1.